The third-order valence-electron chi connectivity index (χ3n) is 3.29. The number of esters is 1. The molecule has 1 aliphatic heterocycles. The summed E-state index contributed by atoms with van der Waals surface area (Å²) in [6.07, 6.45) is 1.92. The Hall–Kier alpha value is -1.55. The molecule has 0 amide bonds. The van der Waals surface area contributed by atoms with Crippen molar-refractivity contribution in [2.45, 2.75) is 45.3 Å². The van der Waals surface area contributed by atoms with E-state index in [0.29, 0.717) is 17.9 Å². The van der Waals surface area contributed by atoms with E-state index in [1.54, 1.807) is 12.1 Å². The van der Waals surface area contributed by atoms with Crippen LogP contribution in [0.15, 0.2) is 18.2 Å². The first kappa shape index (κ1) is 13.9. The predicted octanol–water partition coefficient (Wildman–Crippen LogP) is 2.69. The molecule has 0 bridgehead atoms. The van der Waals surface area contributed by atoms with Crippen LogP contribution >= 0.6 is 0 Å². The van der Waals surface area contributed by atoms with E-state index in [9.17, 15) is 4.79 Å². The first-order valence-corrected chi connectivity index (χ1v) is 6.58. The summed E-state index contributed by atoms with van der Waals surface area (Å²) in [4.78, 5) is 11.9. The van der Waals surface area contributed by atoms with E-state index in [0.717, 1.165) is 18.4 Å². The first-order valence-electron chi connectivity index (χ1n) is 6.58. The molecule has 1 aromatic rings. The van der Waals surface area contributed by atoms with Gasteiger partial charge in [-0.3, -0.25) is 0 Å². The van der Waals surface area contributed by atoms with Crippen LogP contribution in [-0.4, -0.2) is 24.3 Å². The molecule has 0 saturated carbocycles. The van der Waals surface area contributed by atoms with E-state index in [1.807, 2.05) is 13.0 Å². The van der Waals surface area contributed by atoms with Crippen LogP contribution < -0.4 is 5.73 Å². The van der Waals surface area contributed by atoms with Gasteiger partial charge in [-0.1, -0.05) is 0 Å². The molecule has 1 heterocycles. The van der Waals surface area contributed by atoms with E-state index in [4.69, 9.17) is 15.2 Å². The highest BCUT2D eigenvalue weighted by Crippen LogP contribution is 2.29. The van der Waals surface area contributed by atoms with Crippen molar-refractivity contribution in [2.24, 2.45) is 0 Å². The summed E-state index contributed by atoms with van der Waals surface area (Å²) in [6.45, 7) is 6.30. The van der Waals surface area contributed by atoms with Crippen molar-refractivity contribution in [2.75, 3.05) is 12.3 Å². The summed E-state index contributed by atoms with van der Waals surface area (Å²) in [5.41, 5.74) is 7.63. The molecule has 1 atom stereocenters. The monoisotopic (exact) mass is 263 g/mol. The van der Waals surface area contributed by atoms with Crippen LogP contribution in [0.5, 0.6) is 0 Å². The van der Waals surface area contributed by atoms with E-state index in [1.165, 1.54) is 0 Å². The summed E-state index contributed by atoms with van der Waals surface area (Å²) in [5, 5.41) is 0. The van der Waals surface area contributed by atoms with E-state index < -0.39 is 0 Å². The number of carbonyl (C=O) groups is 1. The lowest BCUT2D eigenvalue weighted by Crippen LogP contribution is -2.24. The molecule has 1 aromatic carbocycles. The number of ether oxygens (including phenoxy) is 2. The molecule has 1 aliphatic rings. The summed E-state index contributed by atoms with van der Waals surface area (Å²) < 4.78 is 11.1. The number of hydrogen-bond acceptors (Lipinski definition) is 4. The molecule has 4 heteroatoms. The molecule has 1 fully saturated rings. The largest absolute Gasteiger partial charge is 0.459 e. The van der Waals surface area contributed by atoms with Gasteiger partial charge in [0.05, 0.1) is 17.3 Å². The zero-order valence-electron chi connectivity index (χ0n) is 11.7. The van der Waals surface area contributed by atoms with Crippen LogP contribution in [0.2, 0.25) is 0 Å². The van der Waals surface area contributed by atoms with Crippen molar-refractivity contribution in [1.29, 1.82) is 0 Å². The minimum Gasteiger partial charge on any atom is -0.459 e. The fraction of sp³-hybridized carbons (Fsp3) is 0.533. The minimum atomic E-state index is -0.344. The fourth-order valence-electron chi connectivity index (χ4n) is 2.38. The van der Waals surface area contributed by atoms with Gasteiger partial charge in [-0.15, -0.1) is 0 Å². The molecule has 2 N–H and O–H groups in total. The van der Waals surface area contributed by atoms with Crippen LogP contribution in [0.3, 0.4) is 0 Å². The van der Waals surface area contributed by atoms with Gasteiger partial charge < -0.3 is 15.2 Å². The van der Waals surface area contributed by atoms with Crippen molar-refractivity contribution in [3.63, 3.8) is 0 Å². The standard InChI is InChI=1S/C15H21NO3/c1-10-6-11(8-12(16)7-10)14(17)18-9-13-4-5-15(2,3)19-13/h6-8,13H,4-5,9,16H2,1-3H3. The highest BCUT2D eigenvalue weighted by molar-refractivity contribution is 5.90. The smallest absolute Gasteiger partial charge is 0.338 e. The number of benzene rings is 1. The highest BCUT2D eigenvalue weighted by Gasteiger charge is 2.32. The molecule has 104 valence electrons. The zero-order valence-corrected chi connectivity index (χ0v) is 11.7. The van der Waals surface area contributed by atoms with Crippen LogP contribution in [-0.2, 0) is 9.47 Å². The Kier molecular flexibility index (Phi) is 3.80. The molecule has 19 heavy (non-hydrogen) atoms. The second kappa shape index (κ2) is 5.21. The van der Waals surface area contributed by atoms with Gasteiger partial charge in [-0.2, -0.15) is 0 Å². The topological polar surface area (TPSA) is 61.6 Å². The van der Waals surface area contributed by atoms with Crippen LogP contribution in [0.1, 0.15) is 42.6 Å². The average Bonchev–Trinajstić information content (AvgIpc) is 2.64. The van der Waals surface area contributed by atoms with Crippen molar-refractivity contribution < 1.29 is 14.3 Å². The van der Waals surface area contributed by atoms with Gasteiger partial charge in [0.1, 0.15) is 6.61 Å². The highest BCUT2D eigenvalue weighted by atomic mass is 16.6. The molecular formula is C15H21NO3. The Morgan fingerprint density at radius 1 is 1.47 bits per heavy atom. The molecule has 1 unspecified atom stereocenters. The number of nitrogen functional groups attached to an aromatic ring is 1. The maximum Gasteiger partial charge on any atom is 0.338 e. The number of carbonyl (C=O) groups excluding carboxylic acids is 1. The first-order chi connectivity index (χ1) is 8.85. The number of anilines is 1. The van der Waals surface area contributed by atoms with Gasteiger partial charge in [-0.25, -0.2) is 4.79 Å². The van der Waals surface area contributed by atoms with Gasteiger partial charge in [-0.05, 0) is 57.4 Å². The van der Waals surface area contributed by atoms with Crippen molar-refractivity contribution in [3.8, 4) is 0 Å². The molecule has 0 radical (unpaired) electrons. The van der Waals surface area contributed by atoms with Crippen molar-refractivity contribution in [1.82, 2.24) is 0 Å². The van der Waals surface area contributed by atoms with Crippen LogP contribution in [0.4, 0.5) is 5.69 Å². The molecule has 4 nitrogen and oxygen atoms in total. The zero-order chi connectivity index (χ0) is 14.0. The van der Waals surface area contributed by atoms with Crippen molar-refractivity contribution >= 4 is 11.7 Å². The third-order valence-corrected chi connectivity index (χ3v) is 3.29. The Morgan fingerprint density at radius 3 is 2.79 bits per heavy atom. The fourth-order valence-corrected chi connectivity index (χ4v) is 2.38. The third kappa shape index (κ3) is 3.70. The maximum atomic E-state index is 11.9. The lowest BCUT2D eigenvalue weighted by molar-refractivity contribution is -0.0444. The van der Waals surface area contributed by atoms with Gasteiger partial charge >= 0.3 is 5.97 Å². The Balaban J connectivity index is 1.91. The number of rotatable bonds is 3. The van der Waals surface area contributed by atoms with E-state index in [-0.39, 0.29) is 17.7 Å². The summed E-state index contributed by atoms with van der Waals surface area (Å²) in [5.74, 6) is -0.344. The second-order valence-electron chi connectivity index (χ2n) is 5.77. The second-order valence-corrected chi connectivity index (χ2v) is 5.77. The Morgan fingerprint density at radius 2 is 2.21 bits per heavy atom. The molecule has 1 saturated heterocycles. The summed E-state index contributed by atoms with van der Waals surface area (Å²) >= 11 is 0. The minimum absolute atomic E-state index is 0.00102. The number of hydrogen-bond donors (Lipinski definition) is 1. The molecule has 0 aromatic heterocycles. The predicted molar refractivity (Wildman–Crippen MR) is 74.1 cm³/mol. The van der Waals surface area contributed by atoms with Crippen LogP contribution in [0.25, 0.3) is 0 Å². The summed E-state index contributed by atoms with van der Waals surface area (Å²) in [6, 6.07) is 5.23. The average molecular weight is 263 g/mol. The van der Waals surface area contributed by atoms with Crippen LogP contribution in [0, 0.1) is 6.92 Å². The summed E-state index contributed by atoms with van der Waals surface area (Å²) in [7, 11) is 0. The lowest BCUT2D eigenvalue weighted by atomic mass is 10.1. The van der Waals surface area contributed by atoms with E-state index in [2.05, 4.69) is 13.8 Å². The molecule has 0 spiro atoms. The quantitative estimate of drug-likeness (QED) is 0.672. The molecular weight excluding hydrogens is 242 g/mol. The lowest BCUT2D eigenvalue weighted by Gasteiger charge is -2.19. The Bertz CT molecular complexity index is 462. The Labute approximate surface area is 113 Å². The normalized spacial score (nSPS) is 21.3. The number of nitrogens with two attached hydrogens (primary N) is 1. The van der Waals surface area contributed by atoms with E-state index >= 15 is 0 Å². The van der Waals surface area contributed by atoms with Gasteiger partial charge in [0, 0.05) is 5.69 Å². The molecule has 2 rings (SSSR count). The van der Waals surface area contributed by atoms with Gasteiger partial charge in [0.2, 0.25) is 0 Å². The maximum absolute atomic E-state index is 11.9. The molecule has 0 aliphatic carbocycles. The van der Waals surface area contributed by atoms with Crippen molar-refractivity contribution in [3.05, 3.63) is 29.3 Å². The van der Waals surface area contributed by atoms with Gasteiger partial charge in [0.25, 0.3) is 0 Å². The SMILES string of the molecule is Cc1cc(N)cc(C(=O)OCC2CCC(C)(C)O2)c1. The number of aryl methyl sites for hydroxylation is 1. The van der Waals surface area contributed by atoms with Gasteiger partial charge in [0.15, 0.2) is 0 Å².